The molecule has 88 valence electrons. The van der Waals surface area contributed by atoms with Crippen molar-refractivity contribution >= 4 is 17.2 Å². The molecule has 4 heteroatoms. The highest BCUT2D eigenvalue weighted by molar-refractivity contribution is 7.09. The molecule has 1 aromatic carbocycles. The highest BCUT2D eigenvalue weighted by atomic mass is 32.1. The molecule has 2 N–H and O–H groups in total. The molecule has 0 aliphatic heterocycles. The maximum atomic E-state index is 5.93. The lowest BCUT2D eigenvalue weighted by Gasteiger charge is -2.05. The monoisotopic (exact) mass is 245 g/mol. The van der Waals surface area contributed by atoms with Crippen LogP contribution in [-0.4, -0.2) is 17.4 Å². The van der Waals surface area contributed by atoms with Crippen LogP contribution >= 0.6 is 11.3 Å². The molecular formula is C13H15N3S. The predicted molar refractivity (Wildman–Crippen MR) is 72.6 cm³/mol. The quantitative estimate of drug-likeness (QED) is 0.665. The van der Waals surface area contributed by atoms with Gasteiger partial charge in [0.2, 0.25) is 0 Å². The lowest BCUT2D eigenvalue weighted by Crippen LogP contribution is -2.14. The summed E-state index contributed by atoms with van der Waals surface area (Å²) in [7, 11) is 0. The zero-order chi connectivity index (χ0) is 12.1. The fourth-order valence-corrected chi connectivity index (χ4v) is 2.18. The molecular weight excluding hydrogens is 230 g/mol. The first-order valence-corrected chi connectivity index (χ1v) is 6.40. The first kappa shape index (κ1) is 11.8. The van der Waals surface area contributed by atoms with Crippen molar-refractivity contribution in [2.24, 2.45) is 10.7 Å². The normalized spacial score (nSPS) is 13.6. The molecule has 0 aliphatic carbocycles. The van der Waals surface area contributed by atoms with Gasteiger partial charge in [-0.3, -0.25) is 4.99 Å². The first-order chi connectivity index (χ1) is 8.27. The minimum atomic E-state index is 0.317. The molecule has 2 aromatic rings. The molecule has 0 spiro atoms. The molecule has 3 nitrogen and oxygen atoms in total. The Morgan fingerprint density at radius 1 is 1.41 bits per heavy atom. The number of hydrogen-bond donors (Lipinski definition) is 1. The van der Waals surface area contributed by atoms with E-state index in [-0.39, 0.29) is 0 Å². The Kier molecular flexibility index (Phi) is 3.88. The molecule has 0 saturated carbocycles. The van der Waals surface area contributed by atoms with Crippen LogP contribution in [0, 0.1) is 0 Å². The van der Waals surface area contributed by atoms with Crippen molar-refractivity contribution in [2.75, 3.05) is 6.54 Å². The van der Waals surface area contributed by atoms with Gasteiger partial charge in [-0.2, -0.15) is 0 Å². The summed E-state index contributed by atoms with van der Waals surface area (Å²) in [5.74, 6) is 0.909. The van der Waals surface area contributed by atoms with Gasteiger partial charge in [-0.15, -0.1) is 11.3 Å². The van der Waals surface area contributed by atoms with Gasteiger partial charge in [0.1, 0.15) is 5.84 Å². The minimum absolute atomic E-state index is 0.317. The van der Waals surface area contributed by atoms with Crippen molar-refractivity contribution in [3.8, 4) is 0 Å². The maximum Gasteiger partial charge on any atom is 0.125 e. The molecule has 1 unspecified atom stereocenters. The Bertz CT molecular complexity index is 477. The topological polar surface area (TPSA) is 51.3 Å². The van der Waals surface area contributed by atoms with Gasteiger partial charge in [-0.25, -0.2) is 4.98 Å². The Morgan fingerprint density at radius 3 is 2.82 bits per heavy atom. The highest BCUT2D eigenvalue weighted by Crippen LogP contribution is 2.17. The Balaban J connectivity index is 2.01. The molecule has 17 heavy (non-hydrogen) atoms. The van der Waals surface area contributed by atoms with Crippen molar-refractivity contribution < 1.29 is 0 Å². The molecule has 0 aliphatic rings. The van der Waals surface area contributed by atoms with Crippen LogP contribution in [0.4, 0.5) is 0 Å². The third-order valence-electron chi connectivity index (χ3n) is 2.48. The van der Waals surface area contributed by atoms with Crippen LogP contribution in [0.15, 0.2) is 46.9 Å². The van der Waals surface area contributed by atoms with E-state index < -0.39 is 0 Å². The van der Waals surface area contributed by atoms with E-state index in [4.69, 9.17) is 5.73 Å². The van der Waals surface area contributed by atoms with Crippen LogP contribution in [0.3, 0.4) is 0 Å². The number of aromatic nitrogens is 1. The fourth-order valence-electron chi connectivity index (χ4n) is 1.49. The van der Waals surface area contributed by atoms with Crippen LogP contribution in [0.1, 0.15) is 23.4 Å². The maximum absolute atomic E-state index is 5.93. The Morgan fingerprint density at radius 2 is 2.18 bits per heavy atom. The smallest absolute Gasteiger partial charge is 0.125 e. The molecule has 0 fully saturated rings. The van der Waals surface area contributed by atoms with E-state index in [1.54, 1.807) is 11.3 Å². The summed E-state index contributed by atoms with van der Waals surface area (Å²) in [6.07, 6.45) is 1.82. The second kappa shape index (κ2) is 5.59. The number of thiazole rings is 1. The average Bonchev–Trinajstić information content (AvgIpc) is 2.90. The summed E-state index contributed by atoms with van der Waals surface area (Å²) in [6, 6.07) is 9.82. The third kappa shape index (κ3) is 3.14. The summed E-state index contributed by atoms with van der Waals surface area (Å²) in [5.41, 5.74) is 6.90. The Labute approximate surface area is 105 Å². The van der Waals surface area contributed by atoms with Crippen LogP contribution in [0.25, 0.3) is 0 Å². The van der Waals surface area contributed by atoms with Gasteiger partial charge >= 0.3 is 0 Å². The second-order valence-electron chi connectivity index (χ2n) is 3.86. The molecule has 2 rings (SSSR count). The van der Waals surface area contributed by atoms with Gasteiger partial charge in [0, 0.05) is 23.1 Å². The molecule has 0 radical (unpaired) electrons. The SMILES string of the molecule is CC(CN=C(N)c1ccccc1)c1nccs1. The van der Waals surface area contributed by atoms with E-state index in [9.17, 15) is 0 Å². The second-order valence-corrected chi connectivity index (χ2v) is 4.79. The summed E-state index contributed by atoms with van der Waals surface area (Å²) in [6.45, 7) is 2.79. The van der Waals surface area contributed by atoms with Gasteiger partial charge in [-0.1, -0.05) is 37.3 Å². The molecule has 1 aromatic heterocycles. The summed E-state index contributed by atoms with van der Waals surface area (Å²) < 4.78 is 0. The van der Waals surface area contributed by atoms with Crippen molar-refractivity contribution in [3.05, 3.63) is 52.5 Å². The van der Waals surface area contributed by atoms with E-state index in [0.29, 0.717) is 18.3 Å². The zero-order valence-electron chi connectivity index (χ0n) is 9.71. The number of aliphatic imine (C=N–C) groups is 1. The number of nitrogens with zero attached hydrogens (tertiary/aromatic N) is 2. The van der Waals surface area contributed by atoms with Gasteiger partial charge in [-0.05, 0) is 0 Å². The van der Waals surface area contributed by atoms with E-state index >= 15 is 0 Å². The van der Waals surface area contributed by atoms with Crippen LogP contribution < -0.4 is 5.73 Å². The predicted octanol–water partition coefficient (Wildman–Crippen LogP) is 2.65. The summed E-state index contributed by atoms with van der Waals surface area (Å²) in [5, 5.41) is 3.09. The molecule has 1 heterocycles. The van der Waals surface area contributed by atoms with Gasteiger partial charge in [0.05, 0.1) is 11.6 Å². The fraction of sp³-hybridized carbons (Fsp3) is 0.231. The van der Waals surface area contributed by atoms with E-state index in [2.05, 4.69) is 16.9 Å². The molecule has 0 amide bonds. The van der Waals surface area contributed by atoms with Crippen LogP contribution in [-0.2, 0) is 0 Å². The average molecular weight is 245 g/mol. The zero-order valence-corrected chi connectivity index (χ0v) is 10.5. The van der Waals surface area contributed by atoms with Crippen molar-refractivity contribution in [1.82, 2.24) is 4.98 Å². The number of benzene rings is 1. The number of rotatable bonds is 4. The van der Waals surface area contributed by atoms with Gasteiger partial charge in [0.25, 0.3) is 0 Å². The molecule has 1 atom stereocenters. The standard InChI is InChI=1S/C13H15N3S/c1-10(13-15-7-8-17-13)9-16-12(14)11-5-3-2-4-6-11/h2-8,10H,9H2,1H3,(H2,14,16). The van der Waals surface area contributed by atoms with Crippen molar-refractivity contribution in [2.45, 2.75) is 12.8 Å². The first-order valence-electron chi connectivity index (χ1n) is 5.52. The van der Waals surface area contributed by atoms with Gasteiger partial charge in [0.15, 0.2) is 0 Å². The number of nitrogens with two attached hydrogens (primary N) is 1. The minimum Gasteiger partial charge on any atom is -0.384 e. The van der Waals surface area contributed by atoms with E-state index in [0.717, 1.165) is 10.6 Å². The van der Waals surface area contributed by atoms with E-state index in [1.165, 1.54) is 0 Å². The van der Waals surface area contributed by atoms with Crippen molar-refractivity contribution in [3.63, 3.8) is 0 Å². The third-order valence-corrected chi connectivity index (χ3v) is 3.49. The summed E-state index contributed by atoms with van der Waals surface area (Å²) in [4.78, 5) is 8.69. The van der Waals surface area contributed by atoms with Crippen LogP contribution in [0.2, 0.25) is 0 Å². The van der Waals surface area contributed by atoms with Gasteiger partial charge < -0.3 is 5.73 Å². The lowest BCUT2D eigenvalue weighted by atomic mass is 10.2. The number of hydrogen-bond acceptors (Lipinski definition) is 3. The van der Waals surface area contributed by atoms with Crippen molar-refractivity contribution in [1.29, 1.82) is 0 Å². The Hall–Kier alpha value is -1.68. The molecule has 0 saturated heterocycles. The summed E-state index contributed by atoms with van der Waals surface area (Å²) >= 11 is 1.66. The lowest BCUT2D eigenvalue weighted by molar-refractivity contribution is 0.766. The largest absolute Gasteiger partial charge is 0.384 e. The van der Waals surface area contributed by atoms with Crippen LogP contribution in [0.5, 0.6) is 0 Å². The molecule has 0 bridgehead atoms. The van der Waals surface area contributed by atoms with E-state index in [1.807, 2.05) is 41.9 Å². The highest BCUT2D eigenvalue weighted by Gasteiger charge is 2.07. The number of amidine groups is 1.